The second-order valence-corrected chi connectivity index (χ2v) is 9.84. The van der Waals surface area contributed by atoms with E-state index in [1.165, 1.54) is 4.88 Å². The van der Waals surface area contributed by atoms with Gasteiger partial charge in [-0.25, -0.2) is 4.98 Å². The van der Waals surface area contributed by atoms with Crippen molar-refractivity contribution < 1.29 is 9.90 Å². The number of hydrogen-bond acceptors (Lipinski definition) is 6. The molecule has 0 saturated carbocycles. The van der Waals surface area contributed by atoms with Crippen LogP contribution in [0.15, 0.2) is 102 Å². The first-order valence-electron chi connectivity index (χ1n) is 10.9. The minimum atomic E-state index is -1.17. The van der Waals surface area contributed by atoms with Gasteiger partial charge >= 0.3 is 0 Å². The molecule has 0 aliphatic rings. The van der Waals surface area contributed by atoms with E-state index in [-0.39, 0.29) is 5.56 Å². The predicted molar refractivity (Wildman–Crippen MR) is 138 cm³/mol. The number of thiophene rings is 1. The molecule has 2 aromatic heterocycles. The number of carbonyl (C=O) groups is 1. The van der Waals surface area contributed by atoms with Crippen LogP contribution >= 0.6 is 22.7 Å². The van der Waals surface area contributed by atoms with E-state index in [0.717, 1.165) is 32.4 Å². The zero-order chi connectivity index (χ0) is 23.3. The van der Waals surface area contributed by atoms with E-state index in [0.29, 0.717) is 13.1 Å². The van der Waals surface area contributed by atoms with Crippen LogP contribution in [-0.4, -0.2) is 11.0 Å². The highest BCUT2D eigenvalue weighted by Gasteiger charge is 2.20. The van der Waals surface area contributed by atoms with Crippen LogP contribution in [0.3, 0.4) is 0 Å². The summed E-state index contributed by atoms with van der Waals surface area (Å²) in [5.41, 5.74) is 4.23. The molecule has 4 nitrogen and oxygen atoms in total. The number of aromatic nitrogens is 1. The van der Waals surface area contributed by atoms with E-state index >= 15 is 0 Å². The Hall–Kier alpha value is -3.74. The van der Waals surface area contributed by atoms with E-state index in [4.69, 9.17) is 4.98 Å². The van der Waals surface area contributed by atoms with Gasteiger partial charge in [-0.3, -0.25) is 0 Å². The Labute approximate surface area is 206 Å². The maximum Gasteiger partial charge on any atom is 0.187 e. The third-order valence-electron chi connectivity index (χ3n) is 5.43. The molecule has 0 atom stereocenters. The summed E-state index contributed by atoms with van der Waals surface area (Å²) in [7, 11) is 0. The van der Waals surface area contributed by atoms with E-state index in [1.807, 2.05) is 48.5 Å². The normalized spacial score (nSPS) is 10.8. The SMILES string of the molecule is O=C([O-])c1cccc(CN(Cc2cccs2)c2nc(-c3ccccc3)c(-c3ccccc3)s2)c1. The van der Waals surface area contributed by atoms with Crippen LogP contribution in [-0.2, 0) is 13.1 Å². The van der Waals surface area contributed by atoms with E-state index in [1.54, 1.807) is 40.9 Å². The smallest absolute Gasteiger partial charge is 0.187 e. The fraction of sp³-hybridized carbons (Fsp3) is 0.0714. The van der Waals surface area contributed by atoms with Gasteiger partial charge in [0.2, 0.25) is 0 Å². The standard InChI is InChI=1S/C28H22N2O2S2/c31-27(32)23-14-7-9-20(17-23)18-30(19-24-15-8-16-33-24)28-29-25(21-10-3-1-4-11-21)26(34-28)22-12-5-2-6-13-22/h1-17H,18-19H2,(H,31,32)/p-1. The van der Waals surface area contributed by atoms with Crippen molar-refractivity contribution in [1.82, 2.24) is 4.98 Å². The van der Waals surface area contributed by atoms with Crippen molar-refractivity contribution >= 4 is 33.8 Å². The Kier molecular flexibility index (Phi) is 6.51. The van der Waals surface area contributed by atoms with Gasteiger partial charge in [-0.1, -0.05) is 96.3 Å². The highest BCUT2D eigenvalue weighted by Crippen LogP contribution is 2.41. The fourth-order valence-corrected chi connectivity index (χ4v) is 5.63. The molecule has 0 unspecified atom stereocenters. The third-order valence-corrected chi connectivity index (χ3v) is 7.46. The molecule has 0 saturated heterocycles. The lowest BCUT2D eigenvalue weighted by atomic mass is 10.1. The lowest BCUT2D eigenvalue weighted by molar-refractivity contribution is -0.255. The summed E-state index contributed by atoms with van der Waals surface area (Å²) in [4.78, 5) is 21.0. The zero-order valence-electron chi connectivity index (χ0n) is 18.3. The number of aromatic carboxylic acids is 1. The number of hydrogen-bond donors (Lipinski definition) is 0. The molecule has 6 heteroatoms. The minimum absolute atomic E-state index is 0.183. The van der Waals surface area contributed by atoms with E-state index in [2.05, 4.69) is 40.6 Å². The number of carbonyl (C=O) groups excluding carboxylic acids is 1. The number of carboxylic acid groups (broad SMARTS) is 1. The Morgan fingerprint density at radius 1 is 0.824 bits per heavy atom. The molecule has 0 radical (unpaired) electrons. The van der Waals surface area contributed by atoms with Crippen LogP contribution < -0.4 is 10.0 Å². The zero-order valence-corrected chi connectivity index (χ0v) is 19.9. The average molecular weight is 482 g/mol. The second kappa shape index (κ2) is 10.0. The number of anilines is 1. The summed E-state index contributed by atoms with van der Waals surface area (Å²) in [5, 5.41) is 14.4. The first-order chi connectivity index (χ1) is 16.7. The van der Waals surface area contributed by atoms with Gasteiger partial charge in [0.25, 0.3) is 0 Å². The predicted octanol–water partition coefficient (Wildman–Crippen LogP) is 6.11. The molecular weight excluding hydrogens is 460 g/mol. The van der Waals surface area contributed by atoms with Crippen LogP contribution in [0.2, 0.25) is 0 Å². The second-order valence-electron chi connectivity index (χ2n) is 7.83. The van der Waals surface area contributed by atoms with Gasteiger partial charge < -0.3 is 14.8 Å². The molecule has 0 spiro atoms. The van der Waals surface area contributed by atoms with E-state index in [9.17, 15) is 9.90 Å². The lowest BCUT2D eigenvalue weighted by Crippen LogP contribution is -2.24. The maximum absolute atomic E-state index is 11.4. The number of benzene rings is 3. The summed E-state index contributed by atoms with van der Waals surface area (Å²) < 4.78 is 0. The van der Waals surface area contributed by atoms with Gasteiger partial charge in [0.1, 0.15) is 0 Å². The molecular formula is C28H21N2O2S2-. The largest absolute Gasteiger partial charge is 0.545 e. The molecule has 0 aliphatic carbocycles. The van der Waals surface area contributed by atoms with Crippen molar-refractivity contribution in [3.05, 3.63) is 118 Å². The summed E-state index contributed by atoms with van der Waals surface area (Å²) in [6, 6.07) is 31.6. The maximum atomic E-state index is 11.4. The first-order valence-corrected chi connectivity index (χ1v) is 12.6. The monoisotopic (exact) mass is 481 g/mol. The molecule has 0 bridgehead atoms. The van der Waals surface area contributed by atoms with Crippen molar-refractivity contribution in [2.75, 3.05) is 4.90 Å². The summed E-state index contributed by atoms with van der Waals surface area (Å²) in [5.74, 6) is -1.17. The topological polar surface area (TPSA) is 56.3 Å². The first kappa shape index (κ1) is 22.1. The van der Waals surface area contributed by atoms with Gasteiger partial charge in [-0.05, 0) is 34.2 Å². The Morgan fingerprint density at radius 3 is 2.24 bits per heavy atom. The Bertz CT molecular complexity index is 1320. The molecule has 5 aromatic rings. The van der Waals surface area contributed by atoms with Crippen LogP contribution in [0.5, 0.6) is 0 Å². The van der Waals surface area contributed by atoms with Crippen molar-refractivity contribution in [2.45, 2.75) is 13.1 Å². The fourth-order valence-electron chi connectivity index (χ4n) is 3.82. The molecule has 0 N–H and O–H groups in total. The molecule has 2 heterocycles. The number of carboxylic acids is 1. The molecule has 168 valence electrons. The quantitative estimate of drug-likeness (QED) is 0.268. The van der Waals surface area contributed by atoms with Gasteiger partial charge in [0.05, 0.1) is 23.1 Å². The molecule has 0 aliphatic heterocycles. The number of nitrogens with zero attached hydrogens (tertiary/aromatic N) is 2. The van der Waals surface area contributed by atoms with Crippen LogP contribution in [0.1, 0.15) is 20.8 Å². The molecule has 0 amide bonds. The van der Waals surface area contributed by atoms with Gasteiger partial charge in [-0.2, -0.15) is 0 Å². The van der Waals surface area contributed by atoms with Gasteiger partial charge in [-0.15, -0.1) is 11.3 Å². The lowest BCUT2D eigenvalue weighted by Gasteiger charge is -2.22. The van der Waals surface area contributed by atoms with Crippen LogP contribution in [0.25, 0.3) is 21.7 Å². The van der Waals surface area contributed by atoms with Gasteiger partial charge in [0.15, 0.2) is 5.13 Å². The third kappa shape index (κ3) is 4.93. The van der Waals surface area contributed by atoms with E-state index < -0.39 is 5.97 Å². The molecule has 3 aromatic carbocycles. The van der Waals surface area contributed by atoms with Crippen molar-refractivity contribution in [3.8, 4) is 21.7 Å². The number of rotatable bonds is 8. The summed E-state index contributed by atoms with van der Waals surface area (Å²) in [6.45, 7) is 1.22. The van der Waals surface area contributed by atoms with Gasteiger partial charge in [0, 0.05) is 17.0 Å². The highest BCUT2D eigenvalue weighted by molar-refractivity contribution is 7.19. The molecule has 5 rings (SSSR count). The van der Waals surface area contributed by atoms with Crippen molar-refractivity contribution in [2.24, 2.45) is 0 Å². The Morgan fingerprint density at radius 2 is 1.56 bits per heavy atom. The minimum Gasteiger partial charge on any atom is -0.545 e. The average Bonchev–Trinajstić information content (AvgIpc) is 3.55. The van der Waals surface area contributed by atoms with Crippen molar-refractivity contribution in [1.29, 1.82) is 0 Å². The Balaban J connectivity index is 1.58. The van der Waals surface area contributed by atoms with Crippen LogP contribution in [0, 0.1) is 0 Å². The van der Waals surface area contributed by atoms with Crippen molar-refractivity contribution in [3.63, 3.8) is 0 Å². The summed E-state index contributed by atoms with van der Waals surface area (Å²) >= 11 is 3.36. The summed E-state index contributed by atoms with van der Waals surface area (Å²) in [6.07, 6.45) is 0. The molecule has 0 fully saturated rings. The van der Waals surface area contributed by atoms with Crippen LogP contribution in [0.4, 0.5) is 5.13 Å². The molecule has 34 heavy (non-hydrogen) atoms. The number of thiazole rings is 1. The highest BCUT2D eigenvalue weighted by atomic mass is 32.1.